The summed E-state index contributed by atoms with van der Waals surface area (Å²) in [5.41, 5.74) is 4.56. The van der Waals surface area contributed by atoms with Crippen LogP contribution in [0.2, 0.25) is 0 Å². The van der Waals surface area contributed by atoms with Crippen molar-refractivity contribution in [3.63, 3.8) is 0 Å². The standard InChI is InChI=1S/C20H25N3O2/c1-13-19(14(2)22(3)21-13)17-8-6-10-23(17)20(24)16-11-15-7-4-5-9-18(15)25-12-16/h4-5,7,9,16-17H,6,8,10-12H2,1-3H3/t16-,17-/m1/s1. The Labute approximate surface area is 148 Å². The lowest BCUT2D eigenvalue weighted by Gasteiger charge is -2.31. The molecule has 25 heavy (non-hydrogen) atoms. The molecule has 0 spiro atoms. The van der Waals surface area contributed by atoms with Crippen LogP contribution in [0.4, 0.5) is 0 Å². The lowest BCUT2D eigenvalue weighted by Crippen LogP contribution is -2.40. The van der Waals surface area contributed by atoms with Crippen molar-refractivity contribution in [1.82, 2.24) is 14.7 Å². The number of likely N-dealkylation sites (tertiary alicyclic amines) is 1. The third-order valence-corrected chi connectivity index (χ3v) is 5.66. The first kappa shape index (κ1) is 16.2. The molecule has 0 saturated carbocycles. The number of carbonyl (C=O) groups excluding carboxylic acids is 1. The predicted molar refractivity (Wildman–Crippen MR) is 95.5 cm³/mol. The van der Waals surface area contributed by atoms with Gasteiger partial charge in [0.25, 0.3) is 0 Å². The highest BCUT2D eigenvalue weighted by Gasteiger charge is 2.37. The average molecular weight is 339 g/mol. The number of hydrogen-bond donors (Lipinski definition) is 0. The molecule has 5 nitrogen and oxygen atoms in total. The molecular formula is C20H25N3O2. The number of rotatable bonds is 2. The lowest BCUT2D eigenvalue weighted by atomic mass is 9.94. The number of nitrogens with zero attached hydrogens (tertiary/aromatic N) is 3. The van der Waals surface area contributed by atoms with Crippen LogP contribution < -0.4 is 4.74 Å². The number of carbonyl (C=O) groups is 1. The van der Waals surface area contributed by atoms with Crippen LogP contribution in [0.1, 0.15) is 41.4 Å². The Morgan fingerprint density at radius 1 is 1.28 bits per heavy atom. The zero-order chi connectivity index (χ0) is 17.6. The minimum Gasteiger partial charge on any atom is -0.492 e. The van der Waals surface area contributed by atoms with Gasteiger partial charge in [-0.2, -0.15) is 5.10 Å². The molecule has 0 aliphatic carbocycles. The molecule has 1 aromatic carbocycles. The second-order valence-electron chi connectivity index (χ2n) is 7.22. The Balaban J connectivity index is 1.58. The van der Waals surface area contributed by atoms with Crippen LogP contribution in [-0.4, -0.2) is 33.7 Å². The Hall–Kier alpha value is -2.30. The maximum atomic E-state index is 13.2. The number of hydrogen-bond acceptors (Lipinski definition) is 3. The number of para-hydroxylation sites is 1. The van der Waals surface area contributed by atoms with Crippen LogP contribution in [0.5, 0.6) is 5.75 Å². The van der Waals surface area contributed by atoms with E-state index in [4.69, 9.17) is 4.74 Å². The minimum atomic E-state index is -0.0900. The van der Waals surface area contributed by atoms with E-state index in [0.29, 0.717) is 6.61 Å². The fourth-order valence-electron chi connectivity index (χ4n) is 4.32. The Kier molecular flexibility index (Phi) is 4.02. The Morgan fingerprint density at radius 2 is 2.08 bits per heavy atom. The summed E-state index contributed by atoms with van der Waals surface area (Å²) >= 11 is 0. The molecule has 132 valence electrons. The van der Waals surface area contributed by atoms with Crippen LogP contribution in [0.25, 0.3) is 0 Å². The molecule has 5 heteroatoms. The third-order valence-electron chi connectivity index (χ3n) is 5.66. The molecule has 1 aromatic heterocycles. The van der Waals surface area contributed by atoms with Gasteiger partial charge in [0, 0.05) is 24.8 Å². The van der Waals surface area contributed by atoms with Gasteiger partial charge in [-0.05, 0) is 44.7 Å². The molecule has 2 aliphatic rings. The smallest absolute Gasteiger partial charge is 0.229 e. The van der Waals surface area contributed by atoms with Gasteiger partial charge in [0.1, 0.15) is 12.4 Å². The summed E-state index contributed by atoms with van der Waals surface area (Å²) in [6.45, 7) is 5.44. The van der Waals surface area contributed by atoms with Crippen LogP contribution >= 0.6 is 0 Å². The largest absolute Gasteiger partial charge is 0.492 e. The Bertz CT molecular complexity index is 811. The molecule has 1 amide bonds. The van der Waals surface area contributed by atoms with Crippen LogP contribution in [-0.2, 0) is 18.3 Å². The van der Waals surface area contributed by atoms with Gasteiger partial charge in [-0.15, -0.1) is 0 Å². The van der Waals surface area contributed by atoms with E-state index in [9.17, 15) is 4.79 Å². The zero-order valence-corrected chi connectivity index (χ0v) is 15.2. The van der Waals surface area contributed by atoms with Gasteiger partial charge in [-0.25, -0.2) is 0 Å². The predicted octanol–water partition coefficient (Wildman–Crippen LogP) is 2.95. The number of amides is 1. The van der Waals surface area contributed by atoms with Gasteiger partial charge in [0.05, 0.1) is 17.7 Å². The first-order chi connectivity index (χ1) is 12.1. The molecular weight excluding hydrogens is 314 g/mol. The fraction of sp³-hybridized carbons (Fsp3) is 0.500. The number of fused-ring (bicyclic) bond motifs is 1. The summed E-state index contributed by atoms with van der Waals surface area (Å²) in [5, 5.41) is 4.55. The van der Waals surface area contributed by atoms with E-state index >= 15 is 0 Å². The second kappa shape index (κ2) is 6.21. The van der Waals surface area contributed by atoms with E-state index in [1.807, 2.05) is 36.9 Å². The van der Waals surface area contributed by atoms with Crippen LogP contribution in [0, 0.1) is 19.8 Å². The fourth-order valence-corrected chi connectivity index (χ4v) is 4.32. The lowest BCUT2D eigenvalue weighted by molar-refractivity contribution is -0.137. The SMILES string of the molecule is Cc1nn(C)c(C)c1[C@H]1CCCN1C(=O)[C@H]1COc2ccccc2C1. The molecule has 0 unspecified atom stereocenters. The number of aryl methyl sites for hydroxylation is 2. The molecule has 3 heterocycles. The quantitative estimate of drug-likeness (QED) is 0.845. The molecule has 4 rings (SSSR count). The maximum Gasteiger partial charge on any atom is 0.229 e. The van der Waals surface area contributed by atoms with E-state index in [0.717, 1.165) is 48.5 Å². The monoisotopic (exact) mass is 339 g/mol. The second-order valence-corrected chi connectivity index (χ2v) is 7.22. The molecule has 0 N–H and O–H groups in total. The van der Waals surface area contributed by atoms with Crippen LogP contribution in [0.3, 0.4) is 0 Å². The number of benzene rings is 1. The van der Waals surface area contributed by atoms with Crippen molar-refractivity contribution in [3.05, 3.63) is 46.8 Å². The van der Waals surface area contributed by atoms with Crippen molar-refractivity contribution in [2.24, 2.45) is 13.0 Å². The van der Waals surface area contributed by atoms with E-state index < -0.39 is 0 Å². The zero-order valence-electron chi connectivity index (χ0n) is 15.2. The van der Waals surface area contributed by atoms with Crippen molar-refractivity contribution in [1.29, 1.82) is 0 Å². The molecule has 1 saturated heterocycles. The van der Waals surface area contributed by atoms with Gasteiger partial charge in [-0.3, -0.25) is 9.48 Å². The van der Waals surface area contributed by atoms with E-state index in [1.165, 1.54) is 5.56 Å². The van der Waals surface area contributed by atoms with Gasteiger partial charge in [-0.1, -0.05) is 18.2 Å². The third kappa shape index (κ3) is 2.71. The van der Waals surface area contributed by atoms with Crippen molar-refractivity contribution in [2.75, 3.05) is 13.2 Å². The summed E-state index contributed by atoms with van der Waals surface area (Å²) < 4.78 is 7.77. The van der Waals surface area contributed by atoms with Crippen molar-refractivity contribution in [3.8, 4) is 5.75 Å². The van der Waals surface area contributed by atoms with E-state index in [1.54, 1.807) is 0 Å². The topological polar surface area (TPSA) is 47.4 Å². The highest BCUT2D eigenvalue weighted by atomic mass is 16.5. The average Bonchev–Trinajstić information content (AvgIpc) is 3.18. The minimum absolute atomic E-state index is 0.0900. The van der Waals surface area contributed by atoms with E-state index in [-0.39, 0.29) is 17.9 Å². The van der Waals surface area contributed by atoms with Gasteiger partial charge >= 0.3 is 0 Å². The van der Waals surface area contributed by atoms with Crippen molar-refractivity contribution < 1.29 is 9.53 Å². The molecule has 2 atom stereocenters. The first-order valence-electron chi connectivity index (χ1n) is 9.07. The summed E-state index contributed by atoms with van der Waals surface area (Å²) in [5.74, 6) is 1.05. The highest BCUT2D eigenvalue weighted by Crippen LogP contribution is 2.37. The molecule has 2 aliphatic heterocycles. The molecule has 1 fully saturated rings. The summed E-state index contributed by atoms with van der Waals surface area (Å²) in [6.07, 6.45) is 2.83. The summed E-state index contributed by atoms with van der Waals surface area (Å²) in [6, 6.07) is 8.18. The molecule has 0 radical (unpaired) electrons. The van der Waals surface area contributed by atoms with Gasteiger partial charge < -0.3 is 9.64 Å². The van der Waals surface area contributed by atoms with Crippen molar-refractivity contribution in [2.45, 2.75) is 39.2 Å². The van der Waals surface area contributed by atoms with Crippen LogP contribution in [0.15, 0.2) is 24.3 Å². The van der Waals surface area contributed by atoms with Gasteiger partial charge in [0.15, 0.2) is 0 Å². The van der Waals surface area contributed by atoms with Crippen molar-refractivity contribution >= 4 is 5.91 Å². The maximum absolute atomic E-state index is 13.2. The number of aromatic nitrogens is 2. The first-order valence-corrected chi connectivity index (χ1v) is 9.07. The molecule has 0 bridgehead atoms. The highest BCUT2D eigenvalue weighted by molar-refractivity contribution is 5.80. The normalized spacial score (nSPS) is 22.6. The molecule has 2 aromatic rings. The Morgan fingerprint density at radius 3 is 2.84 bits per heavy atom. The summed E-state index contributed by atoms with van der Waals surface area (Å²) in [7, 11) is 1.97. The van der Waals surface area contributed by atoms with Gasteiger partial charge in [0.2, 0.25) is 5.91 Å². The van der Waals surface area contributed by atoms with E-state index in [2.05, 4.69) is 23.0 Å². The summed E-state index contributed by atoms with van der Waals surface area (Å²) in [4.78, 5) is 15.3. The number of ether oxygens (including phenoxy) is 1.